The van der Waals surface area contributed by atoms with Crippen molar-refractivity contribution in [2.75, 3.05) is 6.61 Å². The molecule has 0 heterocycles. The molecule has 0 saturated heterocycles. The maximum absolute atomic E-state index is 6.66. The van der Waals surface area contributed by atoms with Crippen molar-refractivity contribution in [1.82, 2.24) is 0 Å². The molecule has 0 N–H and O–H groups in total. The fourth-order valence-corrected chi connectivity index (χ4v) is 6.74. The Bertz CT molecular complexity index is 426. The zero-order valence-corrected chi connectivity index (χ0v) is 24.8. The van der Waals surface area contributed by atoms with Crippen LogP contribution in [-0.2, 0) is 8.85 Å². The van der Waals surface area contributed by atoms with Crippen molar-refractivity contribution in [3.8, 4) is 0 Å². The zero-order chi connectivity index (χ0) is 23.4. The molecule has 0 fully saturated rings. The second-order valence-electron chi connectivity index (χ2n) is 12.7. The van der Waals surface area contributed by atoms with Crippen LogP contribution in [0.2, 0.25) is 39.3 Å². The average Bonchev–Trinajstić information content (AvgIpc) is 2.51. The molecule has 0 rings (SSSR count). The van der Waals surface area contributed by atoms with Crippen molar-refractivity contribution in [3.63, 3.8) is 0 Å². The van der Waals surface area contributed by atoms with Gasteiger partial charge >= 0.3 is 0 Å². The van der Waals surface area contributed by atoms with Crippen LogP contribution in [0.1, 0.15) is 98.8 Å². The van der Waals surface area contributed by atoms with Gasteiger partial charge in [0.05, 0.1) is 5.60 Å². The van der Waals surface area contributed by atoms with E-state index in [4.69, 9.17) is 8.85 Å². The summed E-state index contributed by atoms with van der Waals surface area (Å²) in [6, 6.07) is 0. The van der Waals surface area contributed by atoms with Crippen molar-refractivity contribution in [1.29, 1.82) is 0 Å². The molecular weight excluding hydrogens is 400 g/mol. The summed E-state index contributed by atoms with van der Waals surface area (Å²) < 4.78 is 12.8. The van der Waals surface area contributed by atoms with E-state index in [1.54, 1.807) is 0 Å². The molecule has 0 aromatic heterocycles. The lowest BCUT2D eigenvalue weighted by Crippen LogP contribution is -2.42. The SMILES string of the molecule is CC(C)CCCC(C)CCCC(C)CCCC(C)(CCO[Si](C)(C)C)O[Si](C)(C)C. The summed E-state index contributed by atoms with van der Waals surface area (Å²) >= 11 is 0. The van der Waals surface area contributed by atoms with Crippen LogP contribution in [0.4, 0.5) is 0 Å². The molecule has 0 aliphatic heterocycles. The molecule has 0 saturated carbocycles. The highest BCUT2D eigenvalue weighted by atomic mass is 28.4. The summed E-state index contributed by atoms with van der Waals surface area (Å²) in [7, 11) is -3.01. The van der Waals surface area contributed by atoms with Crippen LogP contribution in [-0.4, -0.2) is 28.8 Å². The summed E-state index contributed by atoms with van der Waals surface area (Å²) in [6.45, 7) is 26.5. The highest BCUT2D eigenvalue weighted by molar-refractivity contribution is 6.70. The summed E-state index contributed by atoms with van der Waals surface area (Å²) in [5, 5.41) is 0. The van der Waals surface area contributed by atoms with Crippen LogP contribution in [0.15, 0.2) is 0 Å². The van der Waals surface area contributed by atoms with Gasteiger partial charge in [-0.2, -0.15) is 0 Å². The molecule has 30 heavy (non-hydrogen) atoms. The second kappa shape index (κ2) is 14.5. The predicted molar refractivity (Wildman–Crippen MR) is 141 cm³/mol. The molecule has 4 heteroatoms. The molecule has 0 spiro atoms. The van der Waals surface area contributed by atoms with E-state index in [0.717, 1.165) is 30.8 Å². The van der Waals surface area contributed by atoms with E-state index in [2.05, 4.69) is 73.9 Å². The van der Waals surface area contributed by atoms with Crippen LogP contribution in [0, 0.1) is 17.8 Å². The van der Waals surface area contributed by atoms with Crippen LogP contribution < -0.4 is 0 Å². The monoisotopic (exact) mass is 458 g/mol. The van der Waals surface area contributed by atoms with Gasteiger partial charge in [0.1, 0.15) is 0 Å². The number of rotatable bonds is 18. The summed E-state index contributed by atoms with van der Waals surface area (Å²) in [6.07, 6.45) is 13.2. The summed E-state index contributed by atoms with van der Waals surface area (Å²) in [5.41, 5.74) is -0.0191. The third-order valence-electron chi connectivity index (χ3n) is 5.99. The van der Waals surface area contributed by atoms with E-state index in [-0.39, 0.29) is 5.60 Å². The average molecular weight is 459 g/mol. The van der Waals surface area contributed by atoms with Gasteiger partial charge in [0.2, 0.25) is 0 Å². The minimum atomic E-state index is -1.56. The van der Waals surface area contributed by atoms with Gasteiger partial charge in [-0.1, -0.05) is 79.1 Å². The van der Waals surface area contributed by atoms with Gasteiger partial charge in [-0.3, -0.25) is 0 Å². The molecule has 0 aromatic carbocycles. The molecule has 0 aromatic rings. The van der Waals surface area contributed by atoms with Gasteiger partial charge in [-0.05, 0) is 76.8 Å². The molecule has 0 bridgehead atoms. The van der Waals surface area contributed by atoms with Gasteiger partial charge < -0.3 is 8.85 Å². The van der Waals surface area contributed by atoms with Crippen LogP contribution in [0.5, 0.6) is 0 Å². The van der Waals surface area contributed by atoms with E-state index in [1.165, 1.54) is 57.8 Å². The first-order chi connectivity index (χ1) is 13.6. The molecule has 3 unspecified atom stereocenters. The maximum Gasteiger partial charge on any atom is 0.184 e. The summed E-state index contributed by atoms with van der Waals surface area (Å²) in [4.78, 5) is 0. The first-order valence-corrected chi connectivity index (χ1v) is 19.8. The van der Waals surface area contributed by atoms with E-state index in [0.29, 0.717) is 0 Å². The van der Waals surface area contributed by atoms with Gasteiger partial charge in [0.15, 0.2) is 16.6 Å². The predicted octanol–water partition coefficient (Wildman–Crippen LogP) is 9.28. The fourth-order valence-electron chi connectivity index (χ4n) is 4.34. The van der Waals surface area contributed by atoms with Crippen LogP contribution in [0.3, 0.4) is 0 Å². The minimum absolute atomic E-state index is 0.0191. The first kappa shape index (κ1) is 30.4. The molecule has 182 valence electrons. The van der Waals surface area contributed by atoms with Crippen molar-refractivity contribution in [2.24, 2.45) is 17.8 Å². The molecule has 0 amide bonds. The second-order valence-corrected chi connectivity index (χ2v) is 21.7. The molecule has 3 atom stereocenters. The lowest BCUT2D eigenvalue weighted by atomic mass is 9.89. The normalized spacial score (nSPS) is 17.2. The summed E-state index contributed by atoms with van der Waals surface area (Å²) in [5.74, 6) is 2.59. The molecule has 2 nitrogen and oxygen atoms in total. The lowest BCUT2D eigenvalue weighted by molar-refractivity contribution is 0.0425. The van der Waals surface area contributed by atoms with Crippen LogP contribution >= 0.6 is 0 Å². The Hall–Kier alpha value is 0.354. The Kier molecular flexibility index (Phi) is 14.7. The lowest BCUT2D eigenvalue weighted by Gasteiger charge is -2.37. The third-order valence-corrected chi connectivity index (χ3v) is 8.17. The first-order valence-electron chi connectivity index (χ1n) is 13.0. The Balaban J connectivity index is 4.25. The molecular formula is C26H58O2Si2. The number of hydrogen-bond donors (Lipinski definition) is 0. The van der Waals surface area contributed by atoms with E-state index in [1.807, 2.05) is 0 Å². The van der Waals surface area contributed by atoms with Crippen molar-refractivity contribution in [3.05, 3.63) is 0 Å². The minimum Gasteiger partial charge on any atom is -0.418 e. The highest BCUT2D eigenvalue weighted by Gasteiger charge is 2.31. The molecule has 0 radical (unpaired) electrons. The van der Waals surface area contributed by atoms with Crippen molar-refractivity contribution in [2.45, 2.75) is 144 Å². The quantitative estimate of drug-likeness (QED) is 0.190. The Morgan fingerprint density at radius 3 is 1.53 bits per heavy atom. The number of hydrogen-bond acceptors (Lipinski definition) is 2. The van der Waals surface area contributed by atoms with Gasteiger partial charge in [-0.15, -0.1) is 0 Å². The maximum atomic E-state index is 6.66. The van der Waals surface area contributed by atoms with E-state index in [9.17, 15) is 0 Å². The molecule has 0 aliphatic rings. The van der Waals surface area contributed by atoms with E-state index >= 15 is 0 Å². The largest absolute Gasteiger partial charge is 0.418 e. The molecule has 0 aliphatic carbocycles. The Morgan fingerprint density at radius 1 is 0.633 bits per heavy atom. The van der Waals surface area contributed by atoms with Gasteiger partial charge in [0.25, 0.3) is 0 Å². The van der Waals surface area contributed by atoms with Gasteiger partial charge in [-0.25, -0.2) is 0 Å². The Labute approximate surface area is 193 Å². The smallest absolute Gasteiger partial charge is 0.184 e. The van der Waals surface area contributed by atoms with Crippen LogP contribution in [0.25, 0.3) is 0 Å². The highest BCUT2D eigenvalue weighted by Crippen LogP contribution is 2.30. The Morgan fingerprint density at radius 2 is 1.10 bits per heavy atom. The fraction of sp³-hybridized carbons (Fsp3) is 1.00. The van der Waals surface area contributed by atoms with Crippen molar-refractivity contribution < 1.29 is 8.85 Å². The third kappa shape index (κ3) is 19.1. The zero-order valence-electron chi connectivity index (χ0n) is 22.8. The van der Waals surface area contributed by atoms with E-state index < -0.39 is 16.6 Å². The van der Waals surface area contributed by atoms with Gasteiger partial charge in [0, 0.05) is 6.61 Å². The topological polar surface area (TPSA) is 18.5 Å². The standard InChI is InChI=1S/C26H58O2Si2/c1-23(2)15-12-16-24(3)17-13-18-25(4)19-14-20-26(5,28-30(9,10)11)21-22-27-29(6,7)8/h23-25H,12-22H2,1-11H3. The van der Waals surface area contributed by atoms with Crippen molar-refractivity contribution >= 4 is 16.6 Å².